The molecular formula is C14H23NO2. The molecule has 1 aromatic rings. The summed E-state index contributed by atoms with van der Waals surface area (Å²) in [5.74, 6) is 0.307. The van der Waals surface area contributed by atoms with E-state index in [-0.39, 0.29) is 5.97 Å². The lowest BCUT2D eigenvalue weighted by Crippen LogP contribution is -2.21. The van der Waals surface area contributed by atoms with Gasteiger partial charge in [-0.05, 0) is 31.8 Å². The van der Waals surface area contributed by atoms with Crippen molar-refractivity contribution >= 4 is 5.97 Å². The zero-order valence-electron chi connectivity index (χ0n) is 11.3. The summed E-state index contributed by atoms with van der Waals surface area (Å²) in [5, 5.41) is 0. The fraction of sp³-hybridized carbons (Fsp3) is 0.500. The van der Waals surface area contributed by atoms with Crippen LogP contribution >= 0.6 is 0 Å². The molecular weight excluding hydrogens is 214 g/mol. The van der Waals surface area contributed by atoms with E-state index in [9.17, 15) is 4.79 Å². The number of esters is 1. The maximum atomic E-state index is 10.4. The van der Waals surface area contributed by atoms with E-state index in [0.29, 0.717) is 5.75 Å². The van der Waals surface area contributed by atoms with Crippen molar-refractivity contribution in [2.45, 2.75) is 27.7 Å². The third kappa shape index (κ3) is 8.46. The Labute approximate surface area is 104 Å². The smallest absolute Gasteiger partial charge is 0.308 e. The van der Waals surface area contributed by atoms with Crippen LogP contribution in [-0.4, -0.2) is 30.5 Å². The van der Waals surface area contributed by atoms with Gasteiger partial charge < -0.3 is 9.64 Å². The van der Waals surface area contributed by atoms with Gasteiger partial charge in [0, 0.05) is 6.92 Å². The Bertz CT molecular complexity index is 289. The first-order chi connectivity index (χ1) is 8.13. The minimum absolute atomic E-state index is 0.286. The standard InChI is InChI=1S/C8H8O2.C6H15N/c1-7(9)10-8-5-3-2-4-6-8;1-4-7(5-2)6-3/h2-6H,1H3;4-6H2,1-3H3. The maximum Gasteiger partial charge on any atom is 0.308 e. The second-order valence-corrected chi connectivity index (χ2v) is 3.53. The minimum atomic E-state index is -0.286. The van der Waals surface area contributed by atoms with Crippen molar-refractivity contribution in [3.8, 4) is 5.75 Å². The molecule has 0 aliphatic rings. The predicted molar refractivity (Wildman–Crippen MR) is 71.2 cm³/mol. The van der Waals surface area contributed by atoms with Gasteiger partial charge in [-0.2, -0.15) is 0 Å². The van der Waals surface area contributed by atoms with Crippen molar-refractivity contribution in [3.63, 3.8) is 0 Å². The zero-order chi connectivity index (χ0) is 13.1. The van der Waals surface area contributed by atoms with Crippen molar-refractivity contribution in [1.29, 1.82) is 0 Å². The van der Waals surface area contributed by atoms with Crippen molar-refractivity contribution in [2.24, 2.45) is 0 Å². The molecule has 0 aliphatic heterocycles. The number of carbonyl (C=O) groups is 1. The molecule has 0 aromatic heterocycles. The fourth-order valence-corrected chi connectivity index (χ4v) is 1.33. The molecule has 0 atom stereocenters. The van der Waals surface area contributed by atoms with E-state index in [1.165, 1.54) is 26.6 Å². The summed E-state index contributed by atoms with van der Waals surface area (Å²) in [5.41, 5.74) is 0. The number of hydrogen-bond acceptors (Lipinski definition) is 3. The molecule has 3 heteroatoms. The number of carbonyl (C=O) groups excluding carboxylic acids is 1. The van der Waals surface area contributed by atoms with E-state index < -0.39 is 0 Å². The predicted octanol–water partition coefficient (Wildman–Crippen LogP) is 2.96. The molecule has 0 spiro atoms. The highest BCUT2D eigenvalue weighted by Gasteiger charge is 1.93. The third-order valence-electron chi connectivity index (χ3n) is 2.35. The average molecular weight is 237 g/mol. The molecule has 96 valence electrons. The van der Waals surface area contributed by atoms with Gasteiger partial charge in [0.05, 0.1) is 0 Å². The van der Waals surface area contributed by atoms with Crippen molar-refractivity contribution in [2.75, 3.05) is 19.6 Å². The summed E-state index contributed by atoms with van der Waals surface area (Å²) in [6, 6.07) is 8.98. The van der Waals surface area contributed by atoms with Crippen LogP contribution in [0.1, 0.15) is 27.7 Å². The topological polar surface area (TPSA) is 29.5 Å². The summed E-state index contributed by atoms with van der Waals surface area (Å²) in [6.45, 7) is 11.5. The highest BCUT2D eigenvalue weighted by molar-refractivity contribution is 5.69. The van der Waals surface area contributed by atoms with Gasteiger partial charge in [-0.1, -0.05) is 39.0 Å². The van der Waals surface area contributed by atoms with Crippen LogP contribution in [-0.2, 0) is 4.79 Å². The largest absolute Gasteiger partial charge is 0.427 e. The highest BCUT2D eigenvalue weighted by atomic mass is 16.5. The van der Waals surface area contributed by atoms with Gasteiger partial charge in [0.2, 0.25) is 0 Å². The van der Waals surface area contributed by atoms with Crippen LogP contribution in [0, 0.1) is 0 Å². The van der Waals surface area contributed by atoms with Crippen LogP contribution in [0.2, 0.25) is 0 Å². The van der Waals surface area contributed by atoms with Gasteiger partial charge in [0.15, 0.2) is 0 Å². The summed E-state index contributed by atoms with van der Waals surface area (Å²) < 4.78 is 4.78. The Morgan fingerprint density at radius 2 is 1.53 bits per heavy atom. The van der Waals surface area contributed by atoms with E-state index in [1.54, 1.807) is 12.1 Å². The van der Waals surface area contributed by atoms with Crippen molar-refractivity contribution < 1.29 is 9.53 Å². The quantitative estimate of drug-likeness (QED) is 0.595. The number of nitrogens with zero attached hydrogens (tertiary/aromatic N) is 1. The van der Waals surface area contributed by atoms with E-state index in [4.69, 9.17) is 4.74 Å². The summed E-state index contributed by atoms with van der Waals surface area (Å²) >= 11 is 0. The van der Waals surface area contributed by atoms with Crippen LogP contribution in [0.5, 0.6) is 5.75 Å². The lowest BCUT2D eigenvalue weighted by atomic mass is 10.3. The molecule has 0 fully saturated rings. The highest BCUT2D eigenvalue weighted by Crippen LogP contribution is 2.07. The summed E-state index contributed by atoms with van der Waals surface area (Å²) in [6.07, 6.45) is 0. The first-order valence-electron chi connectivity index (χ1n) is 6.09. The molecule has 0 amide bonds. The third-order valence-corrected chi connectivity index (χ3v) is 2.35. The molecule has 0 saturated carbocycles. The van der Waals surface area contributed by atoms with Crippen molar-refractivity contribution in [3.05, 3.63) is 30.3 Å². The van der Waals surface area contributed by atoms with Gasteiger partial charge >= 0.3 is 5.97 Å². The first kappa shape index (κ1) is 15.7. The molecule has 0 bridgehead atoms. The molecule has 0 saturated heterocycles. The number of ether oxygens (including phenoxy) is 1. The zero-order valence-corrected chi connectivity index (χ0v) is 11.3. The number of benzene rings is 1. The van der Waals surface area contributed by atoms with E-state index in [1.807, 2.05) is 18.2 Å². The minimum Gasteiger partial charge on any atom is -0.427 e. The Kier molecular flexibility index (Phi) is 9.06. The summed E-state index contributed by atoms with van der Waals surface area (Å²) in [4.78, 5) is 12.8. The summed E-state index contributed by atoms with van der Waals surface area (Å²) in [7, 11) is 0. The molecule has 0 aliphatic carbocycles. The second-order valence-electron chi connectivity index (χ2n) is 3.53. The maximum absolute atomic E-state index is 10.4. The lowest BCUT2D eigenvalue weighted by molar-refractivity contribution is -0.131. The van der Waals surface area contributed by atoms with Crippen LogP contribution in [0.3, 0.4) is 0 Å². The number of para-hydroxylation sites is 1. The van der Waals surface area contributed by atoms with E-state index >= 15 is 0 Å². The molecule has 0 unspecified atom stereocenters. The van der Waals surface area contributed by atoms with Gasteiger partial charge in [-0.25, -0.2) is 0 Å². The van der Waals surface area contributed by atoms with Crippen LogP contribution in [0.4, 0.5) is 0 Å². The molecule has 0 N–H and O–H groups in total. The van der Waals surface area contributed by atoms with Gasteiger partial charge in [0.25, 0.3) is 0 Å². The Morgan fingerprint density at radius 1 is 1.06 bits per heavy atom. The van der Waals surface area contributed by atoms with E-state index in [0.717, 1.165) is 0 Å². The molecule has 1 rings (SSSR count). The molecule has 17 heavy (non-hydrogen) atoms. The van der Waals surface area contributed by atoms with Crippen LogP contribution < -0.4 is 4.74 Å². The lowest BCUT2D eigenvalue weighted by Gasteiger charge is -2.13. The molecule has 0 radical (unpaired) electrons. The number of hydrogen-bond donors (Lipinski definition) is 0. The number of rotatable bonds is 4. The van der Waals surface area contributed by atoms with Crippen LogP contribution in [0.15, 0.2) is 30.3 Å². The average Bonchev–Trinajstić information content (AvgIpc) is 2.32. The van der Waals surface area contributed by atoms with Crippen molar-refractivity contribution in [1.82, 2.24) is 4.90 Å². The van der Waals surface area contributed by atoms with Gasteiger partial charge in [0.1, 0.15) is 5.75 Å². The Balaban J connectivity index is 0.000000325. The van der Waals surface area contributed by atoms with Crippen LogP contribution in [0.25, 0.3) is 0 Å². The SMILES string of the molecule is CC(=O)Oc1ccccc1.CCN(CC)CC. The fourth-order valence-electron chi connectivity index (χ4n) is 1.33. The van der Waals surface area contributed by atoms with Gasteiger partial charge in [-0.3, -0.25) is 4.79 Å². The normalized spacial score (nSPS) is 9.47. The van der Waals surface area contributed by atoms with Gasteiger partial charge in [-0.15, -0.1) is 0 Å². The molecule has 3 nitrogen and oxygen atoms in total. The Hall–Kier alpha value is -1.35. The molecule has 0 heterocycles. The second kappa shape index (κ2) is 9.85. The van der Waals surface area contributed by atoms with E-state index in [2.05, 4.69) is 25.7 Å². The molecule has 1 aromatic carbocycles. The first-order valence-corrected chi connectivity index (χ1v) is 6.09. The monoisotopic (exact) mass is 237 g/mol. The Morgan fingerprint density at radius 3 is 1.82 bits per heavy atom.